The molecule has 1 aliphatic rings. The number of likely N-dealkylation sites (tertiary alicyclic amines) is 1. The molecule has 4 nitrogen and oxygen atoms in total. The summed E-state index contributed by atoms with van der Waals surface area (Å²) in [7, 11) is 4.17. The van der Waals surface area contributed by atoms with Gasteiger partial charge in [0.2, 0.25) is 0 Å². The third-order valence-corrected chi connectivity index (χ3v) is 4.39. The van der Waals surface area contributed by atoms with Gasteiger partial charge in [-0.25, -0.2) is 0 Å². The van der Waals surface area contributed by atoms with E-state index in [1.165, 1.54) is 6.07 Å². The van der Waals surface area contributed by atoms with Crippen molar-refractivity contribution in [1.29, 1.82) is 0 Å². The Bertz CT molecular complexity index is 483. The Kier molecular flexibility index (Phi) is 5.05. The summed E-state index contributed by atoms with van der Waals surface area (Å²) in [4.78, 5) is 16.5. The van der Waals surface area contributed by atoms with Gasteiger partial charge in [-0.1, -0.05) is 0 Å². The molecule has 1 heterocycles. The van der Waals surface area contributed by atoms with Crippen molar-refractivity contribution in [3.63, 3.8) is 0 Å². The van der Waals surface area contributed by atoms with Crippen molar-refractivity contribution >= 4 is 21.8 Å². The minimum Gasteiger partial charge on any atom is -0.507 e. The van der Waals surface area contributed by atoms with Crippen LogP contribution in [0.15, 0.2) is 22.7 Å². The minimum absolute atomic E-state index is 0.0103. The second-order valence-electron chi connectivity index (χ2n) is 5.66. The van der Waals surface area contributed by atoms with E-state index in [0.717, 1.165) is 32.5 Å². The smallest absolute Gasteiger partial charge is 0.253 e. The van der Waals surface area contributed by atoms with E-state index in [1.54, 1.807) is 12.1 Å². The molecule has 110 valence electrons. The molecule has 20 heavy (non-hydrogen) atoms. The predicted molar refractivity (Wildman–Crippen MR) is 83.0 cm³/mol. The summed E-state index contributed by atoms with van der Waals surface area (Å²) in [5.41, 5.74) is 0.553. The van der Waals surface area contributed by atoms with Gasteiger partial charge in [0.25, 0.3) is 5.91 Å². The maximum absolute atomic E-state index is 12.4. The van der Waals surface area contributed by atoms with Crippen LogP contribution in [0.1, 0.15) is 23.2 Å². The van der Waals surface area contributed by atoms with Crippen LogP contribution in [-0.2, 0) is 0 Å². The van der Waals surface area contributed by atoms with E-state index in [-0.39, 0.29) is 11.7 Å². The van der Waals surface area contributed by atoms with Crippen LogP contribution in [-0.4, -0.2) is 54.5 Å². The first-order valence-electron chi connectivity index (χ1n) is 6.90. The average molecular weight is 341 g/mol. The Labute approximate surface area is 128 Å². The van der Waals surface area contributed by atoms with Gasteiger partial charge in [0, 0.05) is 25.2 Å². The van der Waals surface area contributed by atoms with Crippen molar-refractivity contribution in [2.45, 2.75) is 12.8 Å². The van der Waals surface area contributed by atoms with E-state index in [2.05, 4.69) is 34.9 Å². The number of benzene rings is 1. The Morgan fingerprint density at radius 1 is 1.40 bits per heavy atom. The lowest BCUT2D eigenvalue weighted by Gasteiger charge is -2.33. The van der Waals surface area contributed by atoms with Crippen molar-refractivity contribution in [3.05, 3.63) is 28.2 Å². The van der Waals surface area contributed by atoms with Crippen molar-refractivity contribution in [2.24, 2.45) is 5.92 Å². The summed E-state index contributed by atoms with van der Waals surface area (Å²) in [6.45, 7) is 2.68. The number of amides is 1. The highest BCUT2D eigenvalue weighted by atomic mass is 79.9. The molecule has 1 N–H and O–H groups in total. The van der Waals surface area contributed by atoms with Crippen molar-refractivity contribution in [2.75, 3.05) is 33.7 Å². The largest absolute Gasteiger partial charge is 0.507 e. The molecule has 1 aromatic carbocycles. The Hall–Kier alpha value is -1.07. The molecule has 0 unspecified atom stereocenters. The van der Waals surface area contributed by atoms with Crippen LogP contribution in [0.4, 0.5) is 0 Å². The molecule has 2 rings (SSSR count). The summed E-state index contributed by atoms with van der Waals surface area (Å²) in [5.74, 6) is 0.793. The van der Waals surface area contributed by atoms with E-state index < -0.39 is 0 Å². The van der Waals surface area contributed by atoms with Gasteiger partial charge in [0.1, 0.15) is 5.75 Å². The van der Waals surface area contributed by atoms with Crippen LogP contribution in [0, 0.1) is 5.92 Å². The minimum atomic E-state index is 0.0103. The van der Waals surface area contributed by atoms with Gasteiger partial charge in [-0.2, -0.15) is 0 Å². The van der Waals surface area contributed by atoms with Gasteiger partial charge in [-0.15, -0.1) is 0 Å². The topological polar surface area (TPSA) is 43.8 Å². The zero-order valence-electron chi connectivity index (χ0n) is 12.0. The molecule has 1 fully saturated rings. The first-order valence-corrected chi connectivity index (χ1v) is 7.69. The number of halogens is 1. The monoisotopic (exact) mass is 340 g/mol. The van der Waals surface area contributed by atoms with E-state index in [0.29, 0.717) is 16.0 Å². The van der Waals surface area contributed by atoms with Gasteiger partial charge < -0.3 is 14.9 Å². The summed E-state index contributed by atoms with van der Waals surface area (Å²) >= 11 is 3.23. The molecule has 1 aromatic rings. The van der Waals surface area contributed by atoms with Crippen LogP contribution in [0.5, 0.6) is 5.75 Å². The number of rotatable bonds is 3. The van der Waals surface area contributed by atoms with Crippen molar-refractivity contribution in [3.8, 4) is 5.75 Å². The molecule has 1 aliphatic heterocycles. The molecule has 0 atom stereocenters. The van der Waals surface area contributed by atoms with Crippen LogP contribution >= 0.6 is 15.9 Å². The van der Waals surface area contributed by atoms with Gasteiger partial charge in [-0.05, 0) is 67.0 Å². The third-order valence-electron chi connectivity index (χ3n) is 3.72. The van der Waals surface area contributed by atoms with Crippen LogP contribution in [0.2, 0.25) is 0 Å². The fourth-order valence-electron chi connectivity index (χ4n) is 2.66. The summed E-state index contributed by atoms with van der Waals surface area (Å²) < 4.78 is 0.610. The number of hydrogen-bond donors (Lipinski definition) is 1. The highest BCUT2D eigenvalue weighted by Crippen LogP contribution is 2.26. The summed E-state index contributed by atoms with van der Waals surface area (Å²) in [5, 5.41) is 9.67. The average Bonchev–Trinajstić information content (AvgIpc) is 2.41. The molecular formula is C15H21BrN2O2. The zero-order valence-corrected chi connectivity index (χ0v) is 13.6. The maximum Gasteiger partial charge on any atom is 0.253 e. The Morgan fingerprint density at radius 3 is 2.60 bits per heavy atom. The standard InChI is InChI=1S/C15H21BrN2O2/c1-17(2)10-11-5-7-18(8-6-11)15(20)12-3-4-13(16)14(19)9-12/h3-4,9,11,19H,5-8,10H2,1-2H3. The number of nitrogens with zero attached hydrogens (tertiary/aromatic N) is 2. The lowest BCUT2D eigenvalue weighted by atomic mass is 9.96. The molecule has 5 heteroatoms. The second-order valence-corrected chi connectivity index (χ2v) is 6.52. The molecule has 0 spiro atoms. The van der Waals surface area contributed by atoms with E-state index in [1.807, 2.05) is 4.90 Å². The van der Waals surface area contributed by atoms with Gasteiger partial charge in [-0.3, -0.25) is 4.79 Å². The first-order chi connectivity index (χ1) is 9.47. The van der Waals surface area contributed by atoms with Crippen LogP contribution in [0.25, 0.3) is 0 Å². The fourth-order valence-corrected chi connectivity index (χ4v) is 2.91. The first kappa shape index (κ1) is 15.3. The number of carbonyl (C=O) groups is 1. The van der Waals surface area contributed by atoms with E-state index in [9.17, 15) is 9.90 Å². The molecule has 0 aromatic heterocycles. The quantitative estimate of drug-likeness (QED) is 0.919. The van der Waals surface area contributed by atoms with Gasteiger partial charge in [0.15, 0.2) is 0 Å². The normalized spacial score (nSPS) is 16.7. The van der Waals surface area contributed by atoms with Crippen molar-refractivity contribution < 1.29 is 9.90 Å². The van der Waals surface area contributed by atoms with E-state index >= 15 is 0 Å². The lowest BCUT2D eigenvalue weighted by molar-refractivity contribution is 0.0677. The number of phenols is 1. The summed E-state index contributed by atoms with van der Waals surface area (Å²) in [6.07, 6.45) is 2.10. The molecule has 0 radical (unpaired) electrons. The molecule has 1 saturated heterocycles. The number of hydrogen-bond acceptors (Lipinski definition) is 3. The molecular weight excluding hydrogens is 320 g/mol. The number of aromatic hydroxyl groups is 1. The van der Waals surface area contributed by atoms with Gasteiger partial charge in [0.05, 0.1) is 4.47 Å². The number of carbonyl (C=O) groups excluding carboxylic acids is 1. The molecule has 1 amide bonds. The van der Waals surface area contributed by atoms with Crippen molar-refractivity contribution in [1.82, 2.24) is 9.80 Å². The maximum atomic E-state index is 12.4. The van der Waals surface area contributed by atoms with Crippen LogP contribution in [0.3, 0.4) is 0 Å². The molecule has 0 bridgehead atoms. The Balaban J connectivity index is 1.96. The third kappa shape index (κ3) is 3.73. The van der Waals surface area contributed by atoms with Crippen LogP contribution < -0.4 is 0 Å². The molecule has 0 aliphatic carbocycles. The predicted octanol–water partition coefficient (Wildman–Crippen LogP) is 2.57. The van der Waals surface area contributed by atoms with E-state index in [4.69, 9.17) is 0 Å². The van der Waals surface area contributed by atoms with Gasteiger partial charge >= 0.3 is 0 Å². The fraction of sp³-hybridized carbons (Fsp3) is 0.533. The second kappa shape index (κ2) is 6.59. The SMILES string of the molecule is CN(C)CC1CCN(C(=O)c2ccc(Br)c(O)c2)CC1. The Morgan fingerprint density at radius 2 is 2.05 bits per heavy atom. The number of piperidine rings is 1. The highest BCUT2D eigenvalue weighted by Gasteiger charge is 2.24. The summed E-state index contributed by atoms with van der Waals surface area (Å²) in [6, 6.07) is 4.98. The number of phenolic OH excluding ortho intramolecular Hbond substituents is 1. The highest BCUT2D eigenvalue weighted by molar-refractivity contribution is 9.10. The molecule has 0 saturated carbocycles. The zero-order chi connectivity index (χ0) is 14.7. The lowest BCUT2D eigenvalue weighted by Crippen LogP contribution is -2.40.